The summed E-state index contributed by atoms with van der Waals surface area (Å²) >= 11 is 0. The first-order chi connectivity index (χ1) is 11.0. The van der Waals surface area contributed by atoms with E-state index in [0.29, 0.717) is 0 Å². The number of allylic oxidation sites excluding steroid dienone is 1. The van der Waals surface area contributed by atoms with Gasteiger partial charge in [0.15, 0.2) is 0 Å². The average molecular weight is 322 g/mol. The maximum absolute atomic E-state index is 13.9. The van der Waals surface area contributed by atoms with Crippen molar-refractivity contribution in [3.05, 3.63) is 42.0 Å². The summed E-state index contributed by atoms with van der Waals surface area (Å²) in [5.74, 6) is 1.27. The first-order valence-electron chi connectivity index (χ1n) is 8.87. The third kappa shape index (κ3) is 5.96. The molecule has 23 heavy (non-hydrogen) atoms. The Morgan fingerprint density at radius 1 is 1.09 bits per heavy atom. The van der Waals surface area contributed by atoms with Crippen LogP contribution in [0.3, 0.4) is 0 Å². The summed E-state index contributed by atoms with van der Waals surface area (Å²) in [5, 5.41) is 0. The largest absolute Gasteiger partial charge is 0.429 e. The van der Waals surface area contributed by atoms with Crippen molar-refractivity contribution in [1.29, 1.82) is 0 Å². The highest BCUT2D eigenvalue weighted by Crippen LogP contribution is 2.33. The van der Waals surface area contributed by atoms with Crippen LogP contribution in [0.4, 0.5) is 8.78 Å². The third-order valence-electron chi connectivity index (χ3n) is 4.74. The molecule has 0 bridgehead atoms. The summed E-state index contributed by atoms with van der Waals surface area (Å²) in [6.07, 6.45) is 7.07. The first-order valence-corrected chi connectivity index (χ1v) is 8.87. The fourth-order valence-electron chi connectivity index (χ4n) is 3.31. The van der Waals surface area contributed by atoms with Gasteiger partial charge in [0.05, 0.1) is 0 Å². The molecule has 1 nitrogen and oxygen atoms in total. The van der Waals surface area contributed by atoms with Gasteiger partial charge in [-0.2, -0.15) is 8.78 Å². The van der Waals surface area contributed by atoms with E-state index >= 15 is 0 Å². The lowest BCUT2D eigenvalue weighted by Gasteiger charge is -2.26. The molecule has 0 amide bonds. The van der Waals surface area contributed by atoms with Gasteiger partial charge in [-0.1, -0.05) is 44.9 Å². The number of hydrogen-bond acceptors (Lipinski definition) is 1. The summed E-state index contributed by atoms with van der Waals surface area (Å²) in [4.78, 5) is 0. The second kappa shape index (κ2) is 8.47. The van der Waals surface area contributed by atoms with Crippen molar-refractivity contribution in [3.63, 3.8) is 0 Å². The molecule has 1 saturated carbocycles. The molecule has 1 fully saturated rings. The molecule has 1 aliphatic rings. The van der Waals surface area contributed by atoms with Gasteiger partial charge in [0.2, 0.25) is 0 Å². The van der Waals surface area contributed by atoms with Crippen LogP contribution in [0, 0.1) is 11.8 Å². The van der Waals surface area contributed by atoms with E-state index in [1.54, 1.807) is 18.2 Å². The number of aryl methyl sites for hydroxylation is 1. The quantitative estimate of drug-likeness (QED) is 0.529. The van der Waals surface area contributed by atoms with Crippen molar-refractivity contribution in [2.45, 2.75) is 64.9 Å². The molecule has 1 aromatic rings. The van der Waals surface area contributed by atoms with Gasteiger partial charge in [-0.3, -0.25) is 0 Å². The SMILES string of the molecule is CCCC1CCC(C=CC(F)(F)Oc2ccc(CC)cc2)CC1. The fourth-order valence-corrected chi connectivity index (χ4v) is 3.31. The van der Waals surface area contributed by atoms with Crippen LogP contribution in [0.2, 0.25) is 0 Å². The van der Waals surface area contributed by atoms with Crippen molar-refractivity contribution in [2.24, 2.45) is 11.8 Å². The van der Waals surface area contributed by atoms with Gasteiger partial charge >= 0.3 is 6.11 Å². The van der Waals surface area contributed by atoms with Gasteiger partial charge in [0.1, 0.15) is 5.75 Å². The van der Waals surface area contributed by atoms with Crippen molar-refractivity contribution >= 4 is 0 Å². The molecule has 0 unspecified atom stereocenters. The van der Waals surface area contributed by atoms with Crippen LogP contribution in [0.15, 0.2) is 36.4 Å². The minimum absolute atomic E-state index is 0.212. The van der Waals surface area contributed by atoms with Crippen LogP contribution in [0.25, 0.3) is 0 Å². The van der Waals surface area contributed by atoms with E-state index in [9.17, 15) is 8.78 Å². The molecule has 0 radical (unpaired) electrons. The van der Waals surface area contributed by atoms with Gasteiger partial charge in [0, 0.05) is 6.08 Å². The Bertz CT molecular complexity index is 485. The van der Waals surface area contributed by atoms with Crippen LogP contribution >= 0.6 is 0 Å². The monoisotopic (exact) mass is 322 g/mol. The number of ether oxygens (including phenoxy) is 1. The normalized spacial score (nSPS) is 22.4. The van der Waals surface area contributed by atoms with Gasteiger partial charge in [-0.05, 0) is 61.6 Å². The number of alkyl halides is 2. The Labute approximate surface area is 138 Å². The zero-order valence-corrected chi connectivity index (χ0v) is 14.2. The van der Waals surface area contributed by atoms with Gasteiger partial charge in [-0.25, -0.2) is 0 Å². The zero-order valence-electron chi connectivity index (χ0n) is 14.2. The predicted octanol–water partition coefficient (Wildman–Crippen LogP) is 6.38. The molecule has 0 saturated heterocycles. The molecule has 128 valence electrons. The number of rotatable bonds is 7. The predicted molar refractivity (Wildman–Crippen MR) is 90.9 cm³/mol. The van der Waals surface area contributed by atoms with E-state index in [1.807, 2.05) is 19.1 Å². The molecule has 0 aromatic heterocycles. The lowest BCUT2D eigenvalue weighted by atomic mass is 9.80. The number of benzene rings is 1. The molecule has 0 N–H and O–H groups in total. The fraction of sp³-hybridized carbons (Fsp3) is 0.600. The zero-order chi connectivity index (χ0) is 16.7. The summed E-state index contributed by atoms with van der Waals surface area (Å²) in [6.45, 7) is 4.24. The van der Waals surface area contributed by atoms with E-state index in [4.69, 9.17) is 4.74 Å². The van der Waals surface area contributed by atoms with Gasteiger partial charge < -0.3 is 4.74 Å². The maximum Gasteiger partial charge on any atom is 0.419 e. The third-order valence-corrected chi connectivity index (χ3v) is 4.74. The Balaban J connectivity index is 1.85. The molecular formula is C20H28F2O. The Hall–Kier alpha value is -1.38. The molecule has 2 rings (SSSR count). The van der Waals surface area contributed by atoms with Crippen LogP contribution in [0.5, 0.6) is 5.75 Å². The topological polar surface area (TPSA) is 9.23 Å². The smallest absolute Gasteiger partial charge is 0.419 e. The maximum atomic E-state index is 13.9. The summed E-state index contributed by atoms with van der Waals surface area (Å²) in [7, 11) is 0. The van der Waals surface area contributed by atoms with Crippen molar-refractivity contribution < 1.29 is 13.5 Å². The number of hydrogen-bond donors (Lipinski definition) is 0. The number of halogens is 2. The second-order valence-corrected chi connectivity index (χ2v) is 6.59. The molecule has 3 heteroatoms. The molecule has 0 heterocycles. The Morgan fingerprint density at radius 2 is 1.74 bits per heavy atom. The minimum Gasteiger partial charge on any atom is -0.429 e. The van der Waals surface area contributed by atoms with Crippen LogP contribution in [-0.2, 0) is 6.42 Å². The van der Waals surface area contributed by atoms with Crippen molar-refractivity contribution in [1.82, 2.24) is 0 Å². The molecule has 0 spiro atoms. The summed E-state index contributed by atoms with van der Waals surface area (Å²) in [5.41, 5.74) is 1.11. The van der Waals surface area contributed by atoms with Crippen molar-refractivity contribution in [2.75, 3.05) is 0 Å². The Kier molecular flexibility index (Phi) is 6.61. The minimum atomic E-state index is -3.24. The highest BCUT2D eigenvalue weighted by atomic mass is 19.3. The molecule has 1 aromatic carbocycles. The molecule has 0 atom stereocenters. The lowest BCUT2D eigenvalue weighted by Crippen LogP contribution is -2.22. The van der Waals surface area contributed by atoms with E-state index in [-0.39, 0.29) is 11.7 Å². The molecular weight excluding hydrogens is 294 g/mol. The second-order valence-electron chi connectivity index (χ2n) is 6.59. The Morgan fingerprint density at radius 3 is 2.30 bits per heavy atom. The van der Waals surface area contributed by atoms with Crippen LogP contribution in [0.1, 0.15) is 57.9 Å². The van der Waals surface area contributed by atoms with E-state index in [0.717, 1.165) is 49.7 Å². The van der Waals surface area contributed by atoms with Gasteiger partial charge in [-0.15, -0.1) is 0 Å². The van der Waals surface area contributed by atoms with E-state index in [1.165, 1.54) is 12.8 Å². The highest BCUT2D eigenvalue weighted by molar-refractivity contribution is 5.27. The van der Waals surface area contributed by atoms with Crippen molar-refractivity contribution in [3.8, 4) is 5.75 Å². The lowest BCUT2D eigenvalue weighted by molar-refractivity contribution is -0.132. The summed E-state index contributed by atoms with van der Waals surface area (Å²) in [6, 6.07) is 6.86. The van der Waals surface area contributed by atoms with Gasteiger partial charge in [0.25, 0.3) is 0 Å². The molecule has 0 aliphatic heterocycles. The standard InChI is InChI=1S/C20H28F2O/c1-3-5-17-6-8-18(9-7-17)14-15-20(21,22)23-19-12-10-16(4-2)11-13-19/h10-15,17-18H,3-9H2,1-2H3. The van der Waals surface area contributed by atoms with Crippen LogP contribution < -0.4 is 4.74 Å². The molecule has 1 aliphatic carbocycles. The average Bonchev–Trinajstić information content (AvgIpc) is 2.55. The highest BCUT2D eigenvalue weighted by Gasteiger charge is 2.28. The van der Waals surface area contributed by atoms with E-state index < -0.39 is 6.11 Å². The first kappa shape index (κ1) is 18.0. The van der Waals surface area contributed by atoms with Crippen LogP contribution in [-0.4, -0.2) is 6.11 Å². The van der Waals surface area contributed by atoms with E-state index in [2.05, 4.69) is 6.92 Å². The summed E-state index contributed by atoms with van der Waals surface area (Å²) < 4.78 is 32.7.